The monoisotopic (exact) mass is 208 g/mol. The van der Waals surface area contributed by atoms with E-state index in [2.05, 4.69) is 5.32 Å². The van der Waals surface area contributed by atoms with Crippen molar-refractivity contribution in [2.24, 2.45) is 0 Å². The summed E-state index contributed by atoms with van der Waals surface area (Å²) in [6.07, 6.45) is 4.55. The molecule has 82 valence electrons. The van der Waals surface area contributed by atoms with Crippen LogP contribution < -0.4 is 11.1 Å². The topological polar surface area (TPSA) is 38.0 Å². The van der Waals surface area contributed by atoms with Gasteiger partial charge >= 0.3 is 0 Å². The van der Waals surface area contributed by atoms with Crippen molar-refractivity contribution in [3.8, 4) is 0 Å². The number of nitrogen functional groups attached to an aromatic ring is 1. The van der Waals surface area contributed by atoms with Crippen molar-refractivity contribution in [2.45, 2.75) is 31.7 Å². The maximum atomic E-state index is 12.8. The fourth-order valence-corrected chi connectivity index (χ4v) is 2.13. The SMILES string of the molecule is Nc1cc(F)ccc1CCC1CCCN1. The molecule has 1 heterocycles. The van der Waals surface area contributed by atoms with E-state index in [1.165, 1.54) is 25.0 Å². The highest BCUT2D eigenvalue weighted by atomic mass is 19.1. The van der Waals surface area contributed by atoms with Gasteiger partial charge in [-0.2, -0.15) is 0 Å². The molecule has 1 aliphatic rings. The van der Waals surface area contributed by atoms with E-state index in [1.807, 2.05) is 0 Å². The average molecular weight is 208 g/mol. The minimum Gasteiger partial charge on any atom is -0.398 e. The molecular formula is C12H17FN2. The van der Waals surface area contributed by atoms with Crippen LogP contribution in [0.15, 0.2) is 18.2 Å². The van der Waals surface area contributed by atoms with Crippen LogP contribution >= 0.6 is 0 Å². The largest absolute Gasteiger partial charge is 0.398 e. The second-order valence-corrected chi connectivity index (χ2v) is 4.18. The molecule has 0 aromatic heterocycles. The van der Waals surface area contributed by atoms with Gasteiger partial charge in [-0.1, -0.05) is 6.07 Å². The highest BCUT2D eigenvalue weighted by Crippen LogP contribution is 2.18. The van der Waals surface area contributed by atoms with E-state index < -0.39 is 0 Å². The Labute approximate surface area is 89.7 Å². The van der Waals surface area contributed by atoms with Gasteiger partial charge in [0.1, 0.15) is 5.82 Å². The van der Waals surface area contributed by atoms with Gasteiger partial charge in [-0.05, 0) is 49.9 Å². The number of rotatable bonds is 3. The smallest absolute Gasteiger partial charge is 0.125 e. The quantitative estimate of drug-likeness (QED) is 0.746. The van der Waals surface area contributed by atoms with Crippen LogP contribution in [-0.4, -0.2) is 12.6 Å². The molecule has 1 unspecified atom stereocenters. The normalized spacial score (nSPS) is 20.7. The first-order valence-electron chi connectivity index (χ1n) is 5.53. The summed E-state index contributed by atoms with van der Waals surface area (Å²) in [6.45, 7) is 1.13. The molecule has 0 aliphatic carbocycles. The van der Waals surface area contributed by atoms with Crippen LogP contribution in [0, 0.1) is 5.82 Å². The molecule has 0 spiro atoms. The molecule has 2 rings (SSSR count). The molecule has 0 radical (unpaired) electrons. The Kier molecular flexibility index (Phi) is 3.21. The first kappa shape index (κ1) is 10.4. The summed E-state index contributed by atoms with van der Waals surface area (Å²) in [6, 6.07) is 5.29. The Balaban J connectivity index is 1.92. The Bertz CT molecular complexity index is 332. The van der Waals surface area contributed by atoms with E-state index >= 15 is 0 Å². The van der Waals surface area contributed by atoms with Gasteiger partial charge in [0.05, 0.1) is 0 Å². The van der Waals surface area contributed by atoms with Crippen LogP contribution in [0.4, 0.5) is 10.1 Å². The minimum absolute atomic E-state index is 0.254. The lowest BCUT2D eigenvalue weighted by Crippen LogP contribution is -2.21. The Morgan fingerprint density at radius 1 is 1.47 bits per heavy atom. The van der Waals surface area contributed by atoms with Gasteiger partial charge in [0.2, 0.25) is 0 Å². The van der Waals surface area contributed by atoms with Crippen molar-refractivity contribution >= 4 is 5.69 Å². The lowest BCUT2D eigenvalue weighted by atomic mass is 10.0. The number of nitrogens with two attached hydrogens (primary N) is 1. The van der Waals surface area contributed by atoms with Gasteiger partial charge in [-0.25, -0.2) is 4.39 Å². The van der Waals surface area contributed by atoms with E-state index in [0.29, 0.717) is 11.7 Å². The molecule has 1 aromatic rings. The highest BCUT2D eigenvalue weighted by Gasteiger charge is 2.14. The van der Waals surface area contributed by atoms with Crippen molar-refractivity contribution in [1.29, 1.82) is 0 Å². The van der Waals surface area contributed by atoms with Crippen LogP contribution in [0.2, 0.25) is 0 Å². The van der Waals surface area contributed by atoms with E-state index in [1.54, 1.807) is 6.07 Å². The average Bonchev–Trinajstić information content (AvgIpc) is 2.69. The standard InChI is InChI=1S/C12H17FN2/c13-10-5-3-9(12(14)8-10)4-6-11-2-1-7-15-11/h3,5,8,11,15H,1-2,4,6-7,14H2. The molecule has 1 aliphatic heterocycles. The summed E-state index contributed by atoms with van der Waals surface area (Å²) < 4.78 is 12.8. The molecule has 1 atom stereocenters. The number of anilines is 1. The van der Waals surface area contributed by atoms with Crippen LogP contribution in [0.3, 0.4) is 0 Å². The molecule has 1 aromatic carbocycles. The predicted molar refractivity (Wildman–Crippen MR) is 60.2 cm³/mol. The van der Waals surface area contributed by atoms with E-state index in [0.717, 1.165) is 24.9 Å². The van der Waals surface area contributed by atoms with Crippen molar-refractivity contribution in [3.05, 3.63) is 29.6 Å². The zero-order valence-corrected chi connectivity index (χ0v) is 8.80. The van der Waals surface area contributed by atoms with Gasteiger partial charge in [-0.15, -0.1) is 0 Å². The first-order valence-corrected chi connectivity index (χ1v) is 5.53. The van der Waals surface area contributed by atoms with E-state index in [4.69, 9.17) is 5.73 Å². The number of hydrogen-bond acceptors (Lipinski definition) is 2. The van der Waals surface area contributed by atoms with Gasteiger partial charge in [0.15, 0.2) is 0 Å². The van der Waals surface area contributed by atoms with Gasteiger partial charge in [0.25, 0.3) is 0 Å². The number of aryl methyl sites for hydroxylation is 1. The van der Waals surface area contributed by atoms with Crippen molar-refractivity contribution in [3.63, 3.8) is 0 Å². The van der Waals surface area contributed by atoms with Gasteiger partial charge in [0, 0.05) is 11.7 Å². The summed E-state index contributed by atoms with van der Waals surface area (Å²) in [4.78, 5) is 0. The lowest BCUT2D eigenvalue weighted by molar-refractivity contribution is 0.559. The first-order chi connectivity index (χ1) is 7.25. The number of benzene rings is 1. The highest BCUT2D eigenvalue weighted by molar-refractivity contribution is 5.46. The van der Waals surface area contributed by atoms with Crippen molar-refractivity contribution in [1.82, 2.24) is 5.32 Å². The number of nitrogens with one attached hydrogen (secondary N) is 1. The Hall–Kier alpha value is -1.09. The molecule has 1 fully saturated rings. The van der Waals surface area contributed by atoms with Gasteiger partial charge in [-0.3, -0.25) is 0 Å². The Morgan fingerprint density at radius 3 is 3.00 bits per heavy atom. The summed E-state index contributed by atoms with van der Waals surface area (Å²) in [5.74, 6) is -0.254. The second-order valence-electron chi connectivity index (χ2n) is 4.18. The maximum absolute atomic E-state index is 12.8. The number of halogens is 1. The molecule has 15 heavy (non-hydrogen) atoms. The molecule has 0 bridgehead atoms. The van der Waals surface area contributed by atoms with Crippen molar-refractivity contribution < 1.29 is 4.39 Å². The Morgan fingerprint density at radius 2 is 2.33 bits per heavy atom. The summed E-state index contributed by atoms with van der Waals surface area (Å²) >= 11 is 0. The van der Waals surface area contributed by atoms with E-state index in [9.17, 15) is 4.39 Å². The predicted octanol–water partition coefficient (Wildman–Crippen LogP) is 2.09. The zero-order chi connectivity index (χ0) is 10.7. The van der Waals surface area contributed by atoms with Gasteiger partial charge < -0.3 is 11.1 Å². The van der Waals surface area contributed by atoms with Crippen molar-refractivity contribution in [2.75, 3.05) is 12.3 Å². The molecule has 2 nitrogen and oxygen atoms in total. The third-order valence-electron chi connectivity index (χ3n) is 3.03. The van der Waals surface area contributed by atoms with Crippen LogP contribution in [0.1, 0.15) is 24.8 Å². The summed E-state index contributed by atoms with van der Waals surface area (Å²) in [5.41, 5.74) is 7.38. The van der Waals surface area contributed by atoms with E-state index in [-0.39, 0.29) is 5.82 Å². The summed E-state index contributed by atoms with van der Waals surface area (Å²) in [7, 11) is 0. The molecule has 3 heteroatoms. The third kappa shape index (κ3) is 2.69. The van der Waals surface area contributed by atoms with Crippen LogP contribution in [0.5, 0.6) is 0 Å². The molecular weight excluding hydrogens is 191 g/mol. The molecule has 0 amide bonds. The zero-order valence-electron chi connectivity index (χ0n) is 8.80. The van der Waals surface area contributed by atoms with Crippen LogP contribution in [-0.2, 0) is 6.42 Å². The fraction of sp³-hybridized carbons (Fsp3) is 0.500. The van der Waals surface area contributed by atoms with Crippen LogP contribution in [0.25, 0.3) is 0 Å². The summed E-state index contributed by atoms with van der Waals surface area (Å²) in [5, 5.41) is 3.44. The molecule has 3 N–H and O–H groups in total. The minimum atomic E-state index is -0.254. The molecule has 1 saturated heterocycles. The maximum Gasteiger partial charge on any atom is 0.125 e. The number of hydrogen-bond donors (Lipinski definition) is 2. The lowest BCUT2D eigenvalue weighted by Gasteiger charge is -2.11. The molecule has 0 saturated carbocycles. The third-order valence-corrected chi connectivity index (χ3v) is 3.03. The fourth-order valence-electron chi connectivity index (χ4n) is 2.13. The second kappa shape index (κ2) is 4.62.